The summed E-state index contributed by atoms with van der Waals surface area (Å²) in [5, 5.41) is 1.36. The fourth-order valence-electron chi connectivity index (χ4n) is 1.26. The average Bonchev–Trinajstić information content (AvgIpc) is 2.30. The minimum atomic E-state index is 0.500. The van der Waals surface area contributed by atoms with Crippen LogP contribution in [0.3, 0.4) is 0 Å². The van der Waals surface area contributed by atoms with E-state index in [1.165, 1.54) is 11.8 Å². The van der Waals surface area contributed by atoms with Crippen molar-refractivity contribution in [1.29, 1.82) is 0 Å². The monoisotopic (exact) mass is 251 g/mol. The zero-order chi connectivity index (χ0) is 11.4. The molecule has 0 N–H and O–H groups in total. The second kappa shape index (κ2) is 5.23. The molecule has 0 aliphatic carbocycles. The highest BCUT2D eigenvalue weighted by Gasteiger charge is 2.04. The van der Waals surface area contributed by atoms with Gasteiger partial charge in [-0.2, -0.15) is 0 Å². The van der Waals surface area contributed by atoms with Gasteiger partial charge < -0.3 is 4.74 Å². The van der Waals surface area contributed by atoms with Crippen molar-refractivity contribution >= 4 is 23.4 Å². The van der Waals surface area contributed by atoms with Crippen LogP contribution in [0.2, 0.25) is 5.15 Å². The number of ether oxygens (including phenoxy) is 1. The number of hydrogen-bond acceptors (Lipinski definition) is 3. The zero-order valence-corrected chi connectivity index (χ0v) is 10.3. The van der Waals surface area contributed by atoms with E-state index < -0.39 is 0 Å². The zero-order valence-electron chi connectivity index (χ0n) is 8.68. The maximum absolute atomic E-state index is 5.83. The molecule has 1 heterocycles. The van der Waals surface area contributed by atoms with Gasteiger partial charge in [-0.25, -0.2) is 4.98 Å². The molecule has 16 heavy (non-hydrogen) atoms. The van der Waals surface area contributed by atoms with Gasteiger partial charge >= 0.3 is 0 Å². The molecule has 4 heteroatoms. The first-order valence-electron chi connectivity index (χ1n) is 4.73. The average molecular weight is 252 g/mol. The second-order valence-corrected chi connectivity index (χ2v) is 4.50. The maximum atomic E-state index is 5.83. The molecule has 2 aromatic rings. The molecule has 0 spiro atoms. The Balaban J connectivity index is 2.26. The third kappa shape index (κ3) is 2.68. The van der Waals surface area contributed by atoms with Crippen LogP contribution in [-0.4, -0.2) is 12.1 Å². The van der Waals surface area contributed by atoms with E-state index in [0.29, 0.717) is 5.15 Å². The number of halogens is 1. The molecule has 0 fully saturated rings. The fraction of sp³-hybridized carbons (Fsp3) is 0.0833. The van der Waals surface area contributed by atoms with Gasteiger partial charge in [0.1, 0.15) is 15.9 Å². The highest BCUT2D eigenvalue weighted by molar-refractivity contribution is 7.99. The highest BCUT2D eigenvalue weighted by atomic mass is 35.5. The van der Waals surface area contributed by atoms with Gasteiger partial charge in [-0.15, -0.1) is 0 Å². The number of hydrogen-bond donors (Lipinski definition) is 0. The molecule has 0 saturated carbocycles. The number of benzene rings is 1. The van der Waals surface area contributed by atoms with Gasteiger partial charge in [-0.3, -0.25) is 0 Å². The summed E-state index contributed by atoms with van der Waals surface area (Å²) in [6, 6.07) is 13.4. The maximum Gasteiger partial charge on any atom is 0.132 e. The van der Waals surface area contributed by atoms with Crippen molar-refractivity contribution in [2.45, 2.75) is 9.92 Å². The lowest BCUT2D eigenvalue weighted by Gasteiger charge is -2.06. The quantitative estimate of drug-likeness (QED) is 0.773. The fourth-order valence-corrected chi connectivity index (χ4v) is 2.39. The van der Waals surface area contributed by atoms with Gasteiger partial charge in [0.05, 0.1) is 12.0 Å². The molecule has 0 saturated heterocycles. The van der Waals surface area contributed by atoms with Gasteiger partial charge in [0.15, 0.2) is 0 Å². The van der Waals surface area contributed by atoms with E-state index in [2.05, 4.69) is 4.98 Å². The molecule has 0 aliphatic heterocycles. The van der Waals surface area contributed by atoms with Crippen LogP contribution in [-0.2, 0) is 0 Å². The van der Waals surface area contributed by atoms with E-state index in [1.54, 1.807) is 13.2 Å². The molecule has 82 valence electrons. The Labute approximate surface area is 104 Å². The third-order valence-electron chi connectivity index (χ3n) is 1.97. The SMILES string of the molecule is COc1ccccc1Sc1cccc(Cl)n1. The molecular formula is C12H10ClNOS. The number of aromatic nitrogens is 1. The lowest BCUT2D eigenvalue weighted by atomic mass is 10.3. The van der Waals surface area contributed by atoms with Gasteiger partial charge in [0, 0.05) is 0 Å². The molecule has 0 radical (unpaired) electrons. The van der Waals surface area contributed by atoms with E-state index in [4.69, 9.17) is 16.3 Å². The Hall–Kier alpha value is -1.19. The van der Waals surface area contributed by atoms with Crippen molar-refractivity contribution < 1.29 is 4.74 Å². The van der Waals surface area contributed by atoms with Gasteiger partial charge in [0.25, 0.3) is 0 Å². The Morgan fingerprint density at radius 2 is 1.94 bits per heavy atom. The summed E-state index contributed by atoms with van der Waals surface area (Å²) in [5.41, 5.74) is 0. The van der Waals surface area contributed by atoms with Crippen LogP contribution < -0.4 is 4.74 Å². The second-order valence-electron chi connectivity index (χ2n) is 3.05. The number of para-hydroxylation sites is 1. The summed E-state index contributed by atoms with van der Waals surface area (Å²) in [7, 11) is 1.66. The largest absolute Gasteiger partial charge is 0.496 e. The summed E-state index contributed by atoms with van der Waals surface area (Å²) in [6.07, 6.45) is 0. The topological polar surface area (TPSA) is 22.1 Å². The first-order chi connectivity index (χ1) is 7.79. The molecule has 1 aromatic carbocycles. The first-order valence-corrected chi connectivity index (χ1v) is 5.92. The van der Waals surface area contributed by atoms with E-state index in [9.17, 15) is 0 Å². The van der Waals surface area contributed by atoms with E-state index >= 15 is 0 Å². The normalized spacial score (nSPS) is 10.1. The van der Waals surface area contributed by atoms with E-state index in [1.807, 2.05) is 36.4 Å². The molecule has 0 bridgehead atoms. The van der Waals surface area contributed by atoms with Crippen LogP contribution >= 0.6 is 23.4 Å². The summed E-state index contributed by atoms with van der Waals surface area (Å²) in [6.45, 7) is 0. The Morgan fingerprint density at radius 1 is 1.12 bits per heavy atom. The standard InChI is InChI=1S/C12H10ClNOS/c1-15-9-5-2-3-6-10(9)16-12-8-4-7-11(13)14-12/h2-8H,1H3. The van der Waals surface area contributed by atoms with Crippen molar-refractivity contribution in [2.75, 3.05) is 7.11 Å². The minimum Gasteiger partial charge on any atom is -0.496 e. The molecule has 1 aromatic heterocycles. The lowest BCUT2D eigenvalue weighted by Crippen LogP contribution is -1.86. The smallest absolute Gasteiger partial charge is 0.132 e. The molecule has 0 aliphatic rings. The van der Waals surface area contributed by atoms with Crippen molar-refractivity contribution in [1.82, 2.24) is 4.98 Å². The Morgan fingerprint density at radius 3 is 2.69 bits per heavy atom. The Kier molecular flexibility index (Phi) is 3.70. The van der Waals surface area contributed by atoms with Gasteiger partial charge in [0.2, 0.25) is 0 Å². The predicted octanol–water partition coefficient (Wildman–Crippen LogP) is 3.89. The van der Waals surface area contributed by atoms with Crippen LogP contribution in [0.15, 0.2) is 52.4 Å². The third-order valence-corrected chi connectivity index (χ3v) is 3.18. The number of methoxy groups -OCH3 is 1. The lowest BCUT2D eigenvalue weighted by molar-refractivity contribution is 0.405. The summed E-state index contributed by atoms with van der Waals surface area (Å²) < 4.78 is 5.27. The summed E-state index contributed by atoms with van der Waals surface area (Å²) in [4.78, 5) is 5.24. The Bertz CT molecular complexity index is 490. The van der Waals surface area contributed by atoms with Crippen LogP contribution in [0.25, 0.3) is 0 Å². The predicted molar refractivity (Wildman–Crippen MR) is 66.4 cm³/mol. The van der Waals surface area contributed by atoms with Crippen LogP contribution in [0.1, 0.15) is 0 Å². The molecular weight excluding hydrogens is 242 g/mol. The van der Waals surface area contributed by atoms with Crippen molar-refractivity contribution in [3.63, 3.8) is 0 Å². The van der Waals surface area contributed by atoms with Crippen molar-refractivity contribution in [2.24, 2.45) is 0 Å². The van der Waals surface area contributed by atoms with E-state index in [0.717, 1.165) is 15.7 Å². The molecule has 0 unspecified atom stereocenters. The highest BCUT2D eigenvalue weighted by Crippen LogP contribution is 2.33. The van der Waals surface area contributed by atoms with Gasteiger partial charge in [-0.05, 0) is 24.3 Å². The molecule has 0 atom stereocenters. The van der Waals surface area contributed by atoms with E-state index in [-0.39, 0.29) is 0 Å². The molecule has 0 amide bonds. The summed E-state index contributed by atoms with van der Waals surface area (Å²) >= 11 is 7.36. The number of pyridine rings is 1. The van der Waals surface area contributed by atoms with Crippen molar-refractivity contribution in [3.8, 4) is 5.75 Å². The summed E-state index contributed by atoms with van der Waals surface area (Å²) in [5.74, 6) is 0.842. The molecule has 2 rings (SSSR count). The number of rotatable bonds is 3. The van der Waals surface area contributed by atoms with Crippen LogP contribution in [0, 0.1) is 0 Å². The first kappa shape index (κ1) is 11.3. The minimum absolute atomic E-state index is 0.500. The molecule has 2 nitrogen and oxygen atoms in total. The van der Waals surface area contributed by atoms with Gasteiger partial charge in [-0.1, -0.05) is 41.6 Å². The number of nitrogens with zero attached hydrogens (tertiary/aromatic N) is 1. The van der Waals surface area contributed by atoms with Crippen molar-refractivity contribution in [3.05, 3.63) is 47.6 Å². The van der Waals surface area contributed by atoms with Crippen LogP contribution in [0.4, 0.5) is 0 Å². The van der Waals surface area contributed by atoms with Crippen LogP contribution in [0.5, 0.6) is 5.75 Å².